The van der Waals surface area contributed by atoms with Gasteiger partial charge in [-0.1, -0.05) is 12.1 Å². The van der Waals surface area contributed by atoms with E-state index >= 15 is 0 Å². The molecule has 1 fully saturated rings. The molecule has 2 aromatic rings. The van der Waals surface area contributed by atoms with Gasteiger partial charge in [-0.05, 0) is 39.3 Å². The number of para-hydroxylation sites is 2. The molecular formula is C19H26N4O2. The van der Waals surface area contributed by atoms with Crippen molar-refractivity contribution in [1.82, 2.24) is 19.8 Å². The number of imidazole rings is 1. The molecule has 1 saturated heterocycles. The number of likely N-dealkylation sites (tertiary alicyclic amines) is 1. The van der Waals surface area contributed by atoms with Gasteiger partial charge in [-0.3, -0.25) is 9.59 Å². The second-order valence-electron chi connectivity index (χ2n) is 7.72. The number of aromatic nitrogens is 2. The lowest BCUT2D eigenvalue weighted by atomic mass is 10.1. The van der Waals surface area contributed by atoms with E-state index in [2.05, 4.69) is 20.9 Å². The Morgan fingerprint density at radius 1 is 1.24 bits per heavy atom. The molecule has 1 N–H and O–H groups in total. The van der Waals surface area contributed by atoms with Crippen molar-refractivity contribution in [2.75, 3.05) is 13.1 Å². The lowest BCUT2D eigenvalue weighted by Gasteiger charge is -2.21. The Labute approximate surface area is 148 Å². The van der Waals surface area contributed by atoms with Crippen LogP contribution in [0.15, 0.2) is 30.6 Å². The highest BCUT2D eigenvalue weighted by molar-refractivity contribution is 5.84. The van der Waals surface area contributed by atoms with Crippen LogP contribution in [0.4, 0.5) is 0 Å². The maximum absolute atomic E-state index is 12.4. The van der Waals surface area contributed by atoms with Gasteiger partial charge in [-0.15, -0.1) is 0 Å². The molecule has 6 heteroatoms. The summed E-state index contributed by atoms with van der Waals surface area (Å²) < 4.78 is 2.16. The Bertz CT molecular complexity index is 775. The van der Waals surface area contributed by atoms with Crippen LogP contribution in [0.5, 0.6) is 0 Å². The first-order valence-electron chi connectivity index (χ1n) is 8.84. The normalized spacial score (nSPS) is 17.9. The molecule has 25 heavy (non-hydrogen) atoms. The van der Waals surface area contributed by atoms with Crippen LogP contribution in [0.1, 0.15) is 46.1 Å². The van der Waals surface area contributed by atoms with Crippen LogP contribution in [0.3, 0.4) is 0 Å². The van der Waals surface area contributed by atoms with Crippen molar-refractivity contribution < 1.29 is 9.59 Å². The number of nitrogens with one attached hydrogen (secondary N) is 1. The van der Waals surface area contributed by atoms with Gasteiger partial charge in [0.25, 0.3) is 0 Å². The van der Waals surface area contributed by atoms with Gasteiger partial charge in [0, 0.05) is 31.5 Å². The van der Waals surface area contributed by atoms with Crippen LogP contribution in [0.25, 0.3) is 11.0 Å². The number of benzene rings is 1. The number of rotatable bonds is 4. The molecular weight excluding hydrogens is 316 g/mol. The van der Waals surface area contributed by atoms with Gasteiger partial charge in [0.05, 0.1) is 23.4 Å². The first-order valence-corrected chi connectivity index (χ1v) is 8.84. The molecule has 1 aliphatic rings. The topological polar surface area (TPSA) is 67.2 Å². The molecule has 0 aliphatic carbocycles. The fourth-order valence-corrected chi connectivity index (χ4v) is 3.32. The van der Waals surface area contributed by atoms with Gasteiger partial charge < -0.3 is 14.8 Å². The Balaban J connectivity index is 1.56. The van der Waals surface area contributed by atoms with Crippen molar-refractivity contribution in [2.24, 2.45) is 0 Å². The Morgan fingerprint density at radius 3 is 2.76 bits per heavy atom. The van der Waals surface area contributed by atoms with E-state index in [1.165, 1.54) is 0 Å². The zero-order valence-electron chi connectivity index (χ0n) is 15.2. The molecule has 1 aromatic heterocycles. The molecule has 6 nitrogen and oxygen atoms in total. The first kappa shape index (κ1) is 17.5. The summed E-state index contributed by atoms with van der Waals surface area (Å²) in [6, 6.07) is 8.29. The van der Waals surface area contributed by atoms with E-state index in [4.69, 9.17) is 0 Å². The average Bonchev–Trinajstić information content (AvgIpc) is 3.17. The van der Waals surface area contributed by atoms with Crippen molar-refractivity contribution in [3.63, 3.8) is 0 Å². The Morgan fingerprint density at radius 2 is 2.00 bits per heavy atom. The predicted molar refractivity (Wildman–Crippen MR) is 97.1 cm³/mol. The molecule has 2 amide bonds. The van der Waals surface area contributed by atoms with Crippen LogP contribution >= 0.6 is 0 Å². The molecule has 0 radical (unpaired) electrons. The molecule has 1 atom stereocenters. The van der Waals surface area contributed by atoms with Crippen molar-refractivity contribution >= 4 is 22.8 Å². The lowest BCUT2D eigenvalue weighted by molar-refractivity contribution is -0.133. The summed E-state index contributed by atoms with van der Waals surface area (Å²) in [4.78, 5) is 30.6. The number of amides is 2. The monoisotopic (exact) mass is 342 g/mol. The van der Waals surface area contributed by atoms with Gasteiger partial charge >= 0.3 is 0 Å². The van der Waals surface area contributed by atoms with Gasteiger partial charge in [-0.2, -0.15) is 0 Å². The summed E-state index contributed by atoms with van der Waals surface area (Å²) in [5.74, 6) is -0.0202. The van der Waals surface area contributed by atoms with Crippen LogP contribution in [-0.2, 0) is 9.59 Å². The smallest absolute Gasteiger partial charge is 0.223 e. The van der Waals surface area contributed by atoms with Crippen molar-refractivity contribution in [1.29, 1.82) is 0 Å². The third-order valence-electron chi connectivity index (χ3n) is 4.47. The van der Waals surface area contributed by atoms with E-state index in [0.717, 1.165) is 24.0 Å². The third-order valence-corrected chi connectivity index (χ3v) is 4.47. The fraction of sp³-hybridized carbons (Fsp3) is 0.526. The van der Waals surface area contributed by atoms with Crippen LogP contribution in [-0.4, -0.2) is 44.9 Å². The van der Waals surface area contributed by atoms with Crippen molar-refractivity contribution in [3.8, 4) is 0 Å². The number of carbonyl (C=O) groups is 2. The molecule has 1 aromatic carbocycles. The van der Waals surface area contributed by atoms with Gasteiger partial charge in [0.1, 0.15) is 0 Å². The summed E-state index contributed by atoms with van der Waals surface area (Å²) >= 11 is 0. The Kier molecular flexibility index (Phi) is 4.79. The molecule has 0 bridgehead atoms. The highest BCUT2D eigenvalue weighted by Crippen LogP contribution is 2.26. The van der Waals surface area contributed by atoms with Crippen LogP contribution in [0.2, 0.25) is 0 Å². The summed E-state index contributed by atoms with van der Waals surface area (Å²) in [7, 11) is 0. The fourth-order valence-electron chi connectivity index (χ4n) is 3.32. The molecule has 1 aliphatic heterocycles. The minimum absolute atomic E-state index is 0.0518. The van der Waals surface area contributed by atoms with E-state index < -0.39 is 0 Å². The summed E-state index contributed by atoms with van der Waals surface area (Å²) in [6.45, 7) is 7.23. The number of fused-ring (bicyclic) bond motifs is 1. The highest BCUT2D eigenvalue weighted by Gasteiger charge is 2.28. The molecule has 0 spiro atoms. The van der Waals surface area contributed by atoms with Gasteiger partial charge in [0.2, 0.25) is 11.8 Å². The largest absolute Gasteiger partial charge is 0.351 e. The maximum atomic E-state index is 12.4. The maximum Gasteiger partial charge on any atom is 0.223 e. The second kappa shape index (κ2) is 6.86. The molecule has 134 valence electrons. The SMILES string of the molecule is CC(C)(C)NC(=O)CCC(=O)N1CCC(n2cnc3ccccc32)C1. The first-order chi connectivity index (χ1) is 11.8. The predicted octanol–water partition coefficient (Wildman–Crippen LogP) is 2.50. The minimum Gasteiger partial charge on any atom is -0.351 e. The van der Waals surface area contributed by atoms with E-state index in [1.54, 1.807) is 0 Å². The van der Waals surface area contributed by atoms with E-state index in [0.29, 0.717) is 6.54 Å². The molecule has 1 unspecified atom stereocenters. The third kappa shape index (κ3) is 4.18. The second-order valence-corrected chi connectivity index (χ2v) is 7.72. The van der Waals surface area contributed by atoms with Crippen molar-refractivity contribution in [2.45, 2.75) is 51.6 Å². The zero-order chi connectivity index (χ0) is 18.0. The number of nitrogens with zero attached hydrogens (tertiary/aromatic N) is 3. The number of hydrogen-bond donors (Lipinski definition) is 1. The highest BCUT2D eigenvalue weighted by atomic mass is 16.2. The van der Waals surface area contributed by atoms with Gasteiger partial charge in [0.15, 0.2) is 0 Å². The quantitative estimate of drug-likeness (QED) is 0.928. The minimum atomic E-state index is -0.263. The Hall–Kier alpha value is -2.37. The van der Waals surface area contributed by atoms with E-state index in [-0.39, 0.29) is 36.2 Å². The van der Waals surface area contributed by atoms with Crippen LogP contribution in [0, 0.1) is 0 Å². The van der Waals surface area contributed by atoms with Crippen molar-refractivity contribution in [3.05, 3.63) is 30.6 Å². The van der Waals surface area contributed by atoms with Crippen LogP contribution < -0.4 is 5.32 Å². The van der Waals surface area contributed by atoms with E-state index in [9.17, 15) is 9.59 Å². The van der Waals surface area contributed by atoms with Gasteiger partial charge in [-0.25, -0.2) is 4.98 Å². The standard InChI is InChI=1S/C19H26N4O2/c1-19(2,3)21-17(24)8-9-18(25)22-11-10-14(12-22)23-13-20-15-6-4-5-7-16(15)23/h4-7,13-14H,8-12H2,1-3H3,(H,21,24). The number of carbonyl (C=O) groups excluding carboxylic acids is 2. The molecule has 0 saturated carbocycles. The average molecular weight is 342 g/mol. The lowest BCUT2D eigenvalue weighted by Crippen LogP contribution is -2.41. The molecule has 2 heterocycles. The summed E-state index contributed by atoms with van der Waals surface area (Å²) in [5, 5.41) is 2.89. The summed E-state index contributed by atoms with van der Waals surface area (Å²) in [5.41, 5.74) is 1.82. The number of hydrogen-bond acceptors (Lipinski definition) is 3. The van der Waals surface area contributed by atoms with E-state index in [1.807, 2.05) is 50.2 Å². The summed E-state index contributed by atoms with van der Waals surface area (Å²) in [6.07, 6.45) is 3.28. The zero-order valence-corrected chi connectivity index (χ0v) is 15.2. The molecule has 3 rings (SSSR count).